The molecule has 0 spiro atoms. The zero-order valence-corrected chi connectivity index (χ0v) is 19.7. The Morgan fingerprint density at radius 1 is 1.19 bits per heavy atom. The maximum Gasteiger partial charge on any atom is 0.248 e. The number of halogens is 1. The summed E-state index contributed by atoms with van der Waals surface area (Å²) in [7, 11) is 0. The van der Waals surface area contributed by atoms with E-state index >= 15 is 0 Å². The molecule has 1 amide bonds. The summed E-state index contributed by atoms with van der Waals surface area (Å²) in [5, 5.41) is 11.5. The Balaban J connectivity index is 1.38. The Labute approximate surface area is 196 Å². The van der Waals surface area contributed by atoms with Gasteiger partial charge < -0.3 is 10.8 Å². The molecule has 2 fully saturated rings. The van der Waals surface area contributed by atoms with Crippen LogP contribution in [0.2, 0.25) is 0 Å². The molecule has 4 heteroatoms. The number of aliphatic hydroxyl groups is 1. The molecule has 6 atom stereocenters. The number of carbonyl (C=O) groups excluding carboxylic acids is 1. The average molecular weight is 452 g/mol. The van der Waals surface area contributed by atoms with Crippen LogP contribution in [-0.2, 0) is 19.3 Å². The minimum absolute atomic E-state index is 0.0107. The molecule has 2 saturated carbocycles. The second-order valence-electron chi connectivity index (χ2n) is 10.6. The summed E-state index contributed by atoms with van der Waals surface area (Å²) in [4.78, 5) is 11.6. The minimum Gasteiger partial charge on any atom is -0.392 e. The topological polar surface area (TPSA) is 63.3 Å². The van der Waals surface area contributed by atoms with Crippen LogP contribution in [0, 0.1) is 23.2 Å². The van der Waals surface area contributed by atoms with Crippen LogP contribution < -0.4 is 5.73 Å². The van der Waals surface area contributed by atoms with Crippen molar-refractivity contribution in [3.63, 3.8) is 0 Å². The van der Waals surface area contributed by atoms with Gasteiger partial charge >= 0.3 is 0 Å². The summed E-state index contributed by atoms with van der Waals surface area (Å²) >= 11 is 5.97. The lowest BCUT2D eigenvalue weighted by molar-refractivity contribution is -0.0325. The molecule has 0 heterocycles. The van der Waals surface area contributed by atoms with Crippen LogP contribution >= 0.6 is 11.6 Å². The Morgan fingerprint density at radius 3 is 2.81 bits per heavy atom. The third kappa shape index (κ3) is 3.68. The molecule has 32 heavy (non-hydrogen) atoms. The molecule has 0 saturated heterocycles. The van der Waals surface area contributed by atoms with Crippen LogP contribution in [0.3, 0.4) is 0 Å². The van der Waals surface area contributed by atoms with E-state index in [0.717, 1.165) is 37.7 Å². The van der Waals surface area contributed by atoms with E-state index in [4.69, 9.17) is 17.3 Å². The van der Waals surface area contributed by atoms with E-state index < -0.39 is 5.91 Å². The SMILES string of the molecule is C[C@]12CC[C@@H]3c4ccc(CCCl)cc4CC[C@H]3[C@@H]1C[C@H](Cc1cccc(C(N)=O)c1)[C@@H]2O. The number of carbonyl (C=O) groups is 1. The van der Waals surface area contributed by atoms with Crippen molar-refractivity contribution >= 4 is 17.5 Å². The van der Waals surface area contributed by atoms with Gasteiger partial charge in [-0.2, -0.15) is 0 Å². The molecular formula is C28H34ClNO2. The van der Waals surface area contributed by atoms with Gasteiger partial charge in [-0.25, -0.2) is 0 Å². The van der Waals surface area contributed by atoms with Crippen LogP contribution in [0.1, 0.15) is 71.1 Å². The predicted octanol–water partition coefficient (Wildman–Crippen LogP) is 5.25. The summed E-state index contributed by atoms with van der Waals surface area (Å²) in [6.45, 7) is 2.33. The molecular weight excluding hydrogens is 418 g/mol. The van der Waals surface area contributed by atoms with Gasteiger partial charge in [-0.15, -0.1) is 11.6 Å². The molecule has 0 aromatic heterocycles. The fourth-order valence-corrected chi connectivity index (χ4v) is 7.62. The lowest BCUT2D eigenvalue weighted by Crippen LogP contribution is -2.44. The maximum absolute atomic E-state index is 11.6. The summed E-state index contributed by atoms with van der Waals surface area (Å²) in [5.74, 6) is 2.34. The van der Waals surface area contributed by atoms with E-state index in [1.807, 2.05) is 12.1 Å². The number of alkyl halides is 1. The zero-order chi connectivity index (χ0) is 22.5. The third-order valence-corrected chi connectivity index (χ3v) is 9.19. The van der Waals surface area contributed by atoms with Crippen molar-refractivity contribution in [2.75, 3.05) is 5.88 Å². The number of fused-ring (bicyclic) bond motifs is 5. The number of amides is 1. The van der Waals surface area contributed by atoms with Crippen molar-refractivity contribution in [3.8, 4) is 0 Å². The van der Waals surface area contributed by atoms with Crippen molar-refractivity contribution in [2.45, 2.75) is 63.9 Å². The van der Waals surface area contributed by atoms with Crippen LogP contribution in [0.4, 0.5) is 0 Å². The van der Waals surface area contributed by atoms with Gasteiger partial charge in [-0.1, -0.05) is 37.3 Å². The number of rotatable bonds is 5. The number of aryl methyl sites for hydroxylation is 2. The highest BCUT2D eigenvalue weighted by Crippen LogP contribution is 2.62. The fourth-order valence-electron chi connectivity index (χ4n) is 7.40. The van der Waals surface area contributed by atoms with Gasteiger partial charge in [0.25, 0.3) is 0 Å². The molecule has 2 aromatic carbocycles. The smallest absolute Gasteiger partial charge is 0.248 e. The predicted molar refractivity (Wildman–Crippen MR) is 129 cm³/mol. The largest absolute Gasteiger partial charge is 0.392 e. The maximum atomic E-state index is 11.6. The molecule has 0 aliphatic heterocycles. The van der Waals surface area contributed by atoms with E-state index in [0.29, 0.717) is 29.2 Å². The number of hydrogen-bond donors (Lipinski definition) is 2. The Kier molecular flexibility index (Phi) is 5.84. The molecule has 3 nitrogen and oxygen atoms in total. The first-order valence-corrected chi connectivity index (χ1v) is 12.7. The zero-order valence-electron chi connectivity index (χ0n) is 18.9. The third-order valence-electron chi connectivity index (χ3n) is 9.00. The molecule has 0 bridgehead atoms. The molecule has 3 aliphatic rings. The highest BCUT2D eigenvalue weighted by atomic mass is 35.5. The van der Waals surface area contributed by atoms with Gasteiger partial charge in [0.05, 0.1) is 6.10 Å². The van der Waals surface area contributed by atoms with Gasteiger partial charge in [-0.3, -0.25) is 4.79 Å². The van der Waals surface area contributed by atoms with Crippen LogP contribution in [-0.4, -0.2) is 23.0 Å². The van der Waals surface area contributed by atoms with Crippen molar-refractivity contribution in [2.24, 2.45) is 28.9 Å². The molecule has 2 aromatic rings. The Morgan fingerprint density at radius 2 is 2.03 bits per heavy atom. The molecule has 0 radical (unpaired) electrons. The number of primary amides is 1. The molecule has 170 valence electrons. The molecule has 5 rings (SSSR count). The Bertz CT molecular complexity index is 1020. The normalized spacial score (nSPS) is 33.3. The van der Waals surface area contributed by atoms with E-state index in [9.17, 15) is 9.90 Å². The van der Waals surface area contributed by atoms with E-state index in [2.05, 4.69) is 31.2 Å². The van der Waals surface area contributed by atoms with E-state index in [1.165, 1.54) is 24.0 Å². The second kappa shape index (κ2) is 8.50. The Hall–Kier alpha value is -1.84. The van der Waals surface area contributed by atoms with Crippen LogP contribution in [0.15, 0.2) is 42.5 Å². The number of benzene rings is 2. The summed E-state index contributed by atoms with van der Waals surface area (Å²) < 4.78 is 0. The lowest BCUT2D eigenvalue weighted by atomic mass is 9.55. The van der Waals surface area contributed by atoms with Crippen molar-refractivity contribution in [1.29, 1.82) is 0 Å². The first kappa shape index (κ1) is 22.0. The van der Waals surface area contributed by atoms with Crippen molar-refractivity contribution in [1.82, 2.24) is 0 Å². The van der Waals surface area contributed by atoms with Gasteiger partial charge in [0, 0.05) is 11.4 Å². The summed E-state index contributed by atoms with van der Waals surface area (Å²) in [5.41, 5.74) is 11.5. The highest BCUT2D eigenvalue weighted by Gasteiger charge is 2.57. The summed E-state index contributed by atoms with van der Waals surface area (Å²) in [6.07, 6.45) is 7.14. The molecule has 3 N–H and O–H groups in total. The van der Waals surface area contributed by atoms with Gasteiger partial charge in [0.1, 0.15) is 0 Å². The average Bonchev–Trinajstić information content (AvgIpc) is 3.04. The van der Waals surface area contributed by atoms with Gasteiger partial charge in [0.15, 0.2) is 0 Å². The van der Waals surface area contributed by atoms with Gasteiger partial charge in [0.2, 0.25) is 5.91 Å². The standard InChI is InChI=1S/C28H34ClNO2/c1-28-11-9-23-22-7-5-17(10-12-29)13-19(22)6-8-24(23)25(28)16-21(26(28)31)15-18-3-2-4-20(14-18)27(30)32/h2-5,7,13-14,21,23-26,31H,6,8-12,15-16H2,1H3,(H2,30,32)/t21-,23+,24+,25-,26-,28-/m0/s1. The lowest BCUT2D eigenvalue weighted by Gasteiger charge is -2.50. The first-order chi connectivity index (χ1) is 15.4. The minimum atomic E-state index is -0.391. The number of aliphatic hydroxyl groups excluding tert-OH is 1. The molecule has 3 aliphatic carbocycles. The monoisotopic (exact) mass is 451 g/mol. The van der Waals surface area contributed by atoms with Crippen molar-refractivity contribution in [3.05, 3.63) is 70.3 Å². The van der Waals surface area contributed by atoms with Gasteiger partial charge in [-0.05, 0) is 108 Å². The molecule has 0 unspecified atom stereocenters. The highest BCUT2D eigenvalue weighted by molar-refractivity contribution is 6.18. The van der Waals surface area contributed by atoms with E-state index in [-0.39, 0.29) is 17.4 Å². The number of hydrogen-bond acceptors (Lipinski definition) is 2. The quantitative estimate of drug-likeness (QED) is 0.609. The van der Waals surface area contributed by atoms with Crippen LogP contribution in [0.5, 0.6) is 0 Å². The fraction of sp³-hybridized carbons (Fsp3) is 0.536. The second-order valence-corrected chi connectivity index (χ2v) is 11.0. The van der Waals surface area contributed by atoms with E-state index in [1.54, 1.807) is 11.6 Å². The van der Waals surface area contributed by atoms with Crippen molar-refractivity contribution < 1.29 is 9.90 Å². The number of nitrogens with two attached hydrogens (primary N) is 1. The summed E-state index contributed by atoms with van der Waals surface area (Å²) in [6, 6.07) is 14.7. The first-order valence-electron chi connectivity index (χ1n) is 12.1. The van der Waals surface area contributed by atoms with Crippen LogP contribution in [0.25, 0.3) is 0 Å².